The van der Waals surface area contributed by atoms with Gasteiger partial charge in [-0.1, -0.05) is 30.8 Å². The Bertz CT molecular complexity index is 1540. The van der Waals surface area contributed by atoms with Crippen LogP contribution in [-0.4, -0.2) is 51.7 Å². The van der Waals surface area contributed by atoms with Crippen molar-refractivity contribution in [3.63, 3.8) is 0 Å². The normalized spacial score (nSPS) is 17.5. The summed E-state index contributed by atoms with van der Waals surface area (Å²) < 4.78 is 16.0. The highest BCUT2D eigenvalue weighted by Crippen LogP contribution is 2.37. The van der Waals surface area contributed by atoms with E-state index in [0.29, 0.717) is 51.6 Å². The molecule has 0 saturated carbocycles. The monoisotopic (exact) mass is 559 g/mol. The molecule has 0 radical (unpaired) electrons. The van der Waals surface area contributed by atoms with Gasteiger partial charge in [0.05, 0.1) is 30.2 Å². The molecular weight excluding hydrogens is 534 g/mol. The highest BCUT2D eigenvalue weighted by atomic mass is 32.2. The Labute approximate surface area is 233 Å². The Balaban J connectivity index is 1.19. The fourth-order valence-electron chi connectivity index (χ4n) is 4.51. The molecule has 4 heterocycles. The van der Waals surface area contributed by atoms with Gasteiger partial charge in [0.2, 0.25) is 18.6 Å². The van der Waals surface area contributed by atoms with E-state index < -0.39 is 11.3 Å². The molecule has 3 amide bonds. The predicted octanol–water partition coefficient (Wildman–Crippen LogP) is 3.82. The van der Waals surface area contributed by atoms with Crippen molar-refractivity contribution in [1.82, 2.24) is 10.2 Å². The number of nitrogens with one attached hydrogen (secondary N) is 2. The number of thioether (sulfide) groups is 1. The van der Waals surface area contributed by atoms with Gasteiger partial charge in [-0.25, -0.2) is 9.89 Å². The zero-order chi connectivity index (χ0) is 27.6. The molecule has 2 N–H and O–H groups in total. The number of nitrogens with zero attached hydrogens (tertiary/aromatic N) is 3. The van der Waals surface area contributed by atoms with Gasteiger partial charge in [-0.05, 0) is 42.8 Å². The number of carbonyl (C=O) groups excluding carboxylic acids is 3. The van der Waals surface area contributed by atoms with Crippen molar-refractivity contribution in [2.24, 2.45) is 9.98 Å². The molecule has 2 aromatic carbocycles. The van der Waals surface area contributed by atoms with Crippen LogP contribution in [0.4, 0.5) is 11.4 Å². The molecule has 40 heavy (non-hydrogen) atoms. The van der Waals surface area contributed by atoms with Crippen LogP contribution in [0.3, 0.4) is 0 Å². The van der Waals surface area contributed by atoms with E-state index in [1.165, 1.54) is 22.9 Å². The Hall–Kier alpha value is -4.58. The summed E-state index contributed by atoms with van der Waals surface area (Å²) in [7, 11) is 0. The lowest BCUT2D eigenvalue weighted by Gasteiger charge is -2.27. The molecule has 11 nitrogen and oxygen atoms in total. The number of hydrogen-bond donors (Lipinski definition) is 2. The Morgan fingerprint density at radius 2 is 1.98 bits per heavy atom. The maximum absolute atomic E-state index is 13.6. The molecule has 3 aliphatic rings. The average Bonchev–Trinajstić information content (AvgIpc) is 3.71. The van der Waals surface area contributed by atoms with Gasteiger partial charge in [-0.3, -0.25) is 19.4 Å². The first-order chi connectivity index (χ1) is 19.5. The number of anilines is 1. The van der Waals surface area contributed by atoms with Gasteiger partial charge in [-0.2, -0.15) is 0 Å². The summed E-state index contributed by atoms with van der Waals surface area (Å²) in [5, 5.41) is 5.46. The van der Waals surface area contributed by atoms with Gasteiger partial charge in [0.15, 0.2) is 16.7 Å². The molecule has 1 aromatic heterocycles. The summed E-state index contributed by atoms with van der Waals surface area (Å²) in [5.74, 6) is 1.29. The van der Waals surface area contributed by atoms with Gasteiger partial charge < -0.3 is 24.5 Å². The first-order valence-corrected chi connectivity index (χ1v) is 13.6. The highest BCUT2D eigenvalue weighted by Gasteiger charge is 2.43. The van der Waals surface area contributed by atoms with E-state index in [1.54, 1.807) is 30.3 Å². The van der Waals surface area contributed by atoms with E-state index in [2.05, 4.69) is 15.6 Å². The van der Waals surface area contributed by atoms with E-state index in [-0.39, 0.29) is 37.5 Å². The van der Waals surface area contributed by atoms with E-state index in [9.17, 15) is 14.4 Å². The third-order valence-corrected chi connectivity index (χ3v) is 7.83. The minimum absolute atomic E-state index is 0.124. The van der Waals surface area contributed by atoms with Crippen LogP contribution < -0.4 is 20.1 Å². The number of amides is 3. The number of carbonyl (C=O) groups is 3. The van der Waals surface area contributed by atoms with Crippen LogP contribution in [0.1, 0.15) is 31.1 Å². The molecule has 6 rings (SSSR count). The fourth-order valence-corrected chi connectivity index (χ4v) is 5.53. The molecule has 2 atom stereocenters. The first-order valence-electron chi connectivity index (χ1n) is 12.8. The number of furan rings is 1. The topological polar surface area (TPSA) is 135 Å². The predicted molar refractivity (Wildman–Crippen MR) is 149 cm³/mol. The molecule has 0 aliphatic carbocycles. The first kappa shape index (κ1) is 25.7. The van der Waals surface area contributed by atoms with Crippen LogP contribution in [-0.2, 0) is 20.9 Å². The number of rotatable bonds is 8. The number of hydrogen-bond acceptors (Lipinski definition) is 9. The Morgan fingerprint density at radius 3 is 2.80 bits per heavy atom. The van der Waals surface area contributed by atoms with Crippen molar-refractivity contribution in [3.05, 3.63) is 72.2 Å². The molecule has 0 unspecified atom stereocenters. The van der Waals surface area contributed by atoms with Gasteiger partial charge in [0.1, 0.15) is 17.6 Å². The van der Waals surface area contributed by atoms with Crippen molar-refractivity contribution in [3.8, 4) is 11.5 Å². The van der Waals surface area contributed by atoms with Gasteiger partial charge in [0.25, 0.3) is 5.91 Å². The summed E-state index contributed by atoms with van der Waals surface area (Å²) in [6.07, 6.45) is 1.89. The summed E-state index contributed by atoms with van der Waals surface area (Å²) in [5.41, 5.74) is 1.91. The lowest BCUT2D eigenvalue weighted by atomic mass is 10.1. The van der Waals surface area contributed by atoms with Crippen LogP contribution in [0.5, 0.6) is 11.5 Å². The lowest BCUT2D eigenvalue weighted by molar-refractivity contribution is -0.128. The van der Waals surface area contributed by atoms with Gasteiger partial charge in [-0.15, -0.1) is 0 Å². The summed E-state index contributed by atoms with van der Waals surface area (Å²) >= 11 is 1.19. The highest BCUT2D eigenvalue weighted by molar-refractivity contribution is 8.15. The summed E-state index contributed by atoms with van der Waals surface area (Å²) in [4.78, 5) is 50.2. The zero-order valence-electron chi connectivity index (χ0n) is 21.5. The zero-order valence-corrected chi connectivity index (χ0v) is 22.3. The van der Waals surface area contributed by atoms with E-state index in [0.717, 1.165) is 0 Å². The van der Waals surface area contributed by atoms with E-state index >= 15 is 0 Å². The largest absolute Gasteiger partial charge is 0.467 e. The molecule has 0 bridgehead atoms. The van der Waals surface area contributed by atoms with Crippen LogP contribution in [0.2, 0.25) is 0 Å². The minimum Gasteiger partial charge on any atom is -0.467 e. The van der Waals surface area contributed by atoms with Crippen molar-refractivity contribution in [2.75, 3.05) is 12.1 Å². The molecule has 0 spiro atoms. The molecule has 204 valence electrons. The van der Waals surface area contributed by atoms with Crippen molar-refractivity contribution in [1.29, 1.82) is 0 Å². The number of ether oxygens (including phenoxy) is 2. The standard InChI is InChI=1S/C28H25N5O6S/c1-2-23(26(35)30-16-9-10-21-22(12-16)39-15-38-21)40-28-32-19-8-4-3-7-18(19)25-31-20(27(36)33(25)28)13-24(34)29-14-17-6-5-11-37-17/h3-12,20,23H,2,13-15H2,1H3,(H,29,34)(H,30,35)/t20-,23+/m0/s1. The van der Waals surface area contributed by atoms with Gasteiger partial charge in [0, 0.05) is 17.3 Å². The average molecular weight is 560 g/mol. The lowest BCUT2D eigenvalue weighted by Crippen LogP contribution is -2.43. The Morgan fingerprint density at radius 1 is 1.12 bits per heavy atom. The molecule has 3 aliphatic heterocycles. The number of para-hydroxylation sites is 1. The summed E-state index contributed by atoms with van der Waals surface area (Å²) in [6.45, 7) is 2.25. The quantitative estimate of drug-likeness (QED) is 0.428. The molecule has 3 aromatic rings. The summed E-state index contributed by atoms with van der Waals surface area (Å²) in [6, 6.07) is 15.1. The maximum Gasteiger partial charge on any atom is 0.259 e. The number of amidine groups is 2. The van der Waals surface area contributed by atoms with E-state index in [1.807, 2.05) is 31.2 Å². The maximum atomic E-state index is 13.6. The second kappa shape index (κ2) is 10.9. The number of aliphatic imine (C=N–C) groups is 2. The van der Waals surface area contributed by atoms with Crippen LogP contribution in [0.15, 0.2) is 75.3 Å². The number of fused-ring (bicyclic) bond motifs is 4. The smallest absolute Gasteiger partial charge is 0.259 e. The third-order valence-electron chi connectivity index (χ3n) is 6.52. The van der Waals surface area contributed by atoms with Crippen LogP contribution in [0, 0.1) is 0 Å². The van der Waals surface area contributed by atoms with Crippen LogP contribution in [0.25, 0.3) is 0 Å². The molecule has 0 saturated heterocycles. The molecule has 12 heteroatoms. The third kappa shape index (κ3) is 5.05. The number of benzene rings is 2. The van der Waals surface area contributed by atoms with Crippen molar-refractivity contribution < 1.29 is 28.3 Å². The molecule has 0 fully saturated rings. The Kier molecular flexibility index (Phi) is 6.99. The fraction of sp³-hybridized carbons (Fsp3) is 0.250. The minimum atomic E-state index is -0.911. The van der Waals surface area contributed by atoms with Crippen molar-refractivity contribution in [2.45, 2.75) is 37.6 Å². The second-order valence-corrected chi connectivity index (χ2v) is 10.4. The van der Waals surface area contributed by atoms with Crippen molar-refractivity contribution >= 4 is 51.9 Å². The molecular formula is C28H25N5O6S. The van der Waals surface area contributed by atoms with Crippen LogP contribution >= 0.6 is 11.8 Å². The second-order valence-electron chi connectivity index (χ2n) is 9.19. The van der Waals surface area contributed by atoms with Gasteiger partial charge >= 0.3 is 0 Å². The van der Waals surface area contributed by atoms with E-state index in [4.69, 9.17) is 18.9 Å². The SMILES string of the molecule is CC[C@@H](SC1=Nc2ccccc2C2=N[C@@H](CC(=O)NCc3ccco3)C(=O)N12)C(=O)Nc1ccc2c(c1)OCO2.